The van der Waals surface area contributed by atoms with Gasteiger partial charge in [-0.3, -0.25) is 19.1 Å². The highest BCUT2D eigenvalue weighted by Gasteiger charge is 2.64. The standard InChI is InChI=1S/C29H28ClF3N4O3/c1-27-13-21(27)23(14-27)37-24(38)12-19(29(31,32)33)18-11-17(15-34-25(18)37)40-9-8-36-6-4-28(5-7-36)20-10-16(30)2-3-22(20)35-26(28)39/h2-3,10-12,15,21,23H,4-9,13-14H2,1H3,(H,35,39)/t21?,23-,27+/m1/s1. The molecule has 1 saturated heterocycles. The minimum atomic E-state index is -4.69. The van der Waals surface area contributed by atoms with E-state index in [9.17, 15) is 22.8 Å². The Morgan fingerprint density at radius 2 is 1.93 bits per heavy atom. The van der Waals surface area contributed by atoms with Crippen molar-refractivity contribution < 1.29 is 22.7 Å². The van der Waals surface area contributed by atoms with Crippen molar-refractivity contribution in [3.8, 4) is 5.75 Å². The molecule has 210 valence electrons. The van der Waals surface area contributed by atoms with E-state index < -0.39 is 22.7 Å². The van der Waals surface area contributed by atoms with Gasteiger partial charge < -0.3 is 10.1 Å². The first kappa shape index (κ1) is 25.8. The maximum atomic E-state index is 13.9. The monoisotopic (exact) mass is 572 g/mol. The fourth-order valence-corrected chi connectivity index (χ4v) is 7.35. The molecule has 4 heterocycles. The number of ether oxygens (including phenoxy) is 1. The van der Waals surface area contributed by atoms with E-state index in [-0.39, 0.29) is 40.8 Å². The quantitative estimate of drug-likeness (QED) is 0.443. The molecule has 1 amide bonds. The summed E-state index contributed by atoms with van der Waals surface area (Å²) in [7, 11) is 0. The zero-order valence-corrected chi connectivity index (χ0v) is 22.6. The van der Waals surface area contributed by atoms with E-state index in [1.165, 1.54) is 16.8 Å². The molecular weight excluding hydrogens is 545 g/mol. The molecule has 1 spiro atoms. The first-order chi connectivity index (χ1) is 19.0. The van der Waals surface area contributed by atoms with Crippen LogP contribution in [0, 0.1) is 11.3 Å². The van der Waals surface area contributed by atoms with E-state index in [0.717, 1.165) is 24.1 Å². The van der Waals surface area contributed by atoms with Gasteiger partial charge in [0.2, 0.25) is 5.91 Å². The van der Waals surface area contributed by atoms with Crippen LogP contribution in [0.4, 0.5) is 18.9 Å². The summed E-state index contributed by atoms with van der Waals surface area (Å²) in [6.07, 6.45) is -0.262. The van der Waals surface area contributed by atoms with E-state index in [1.807, 2.05) is 12.1 Å². The predicted octanol–water partition coefficient (Wildman–Crippen LogP) is 5.40. The number of amides is 1. The first-order valence-corrected chi connectivity index (χ1v) is 14.0. The number of alkyl halides is 3. The summed E-state index contributed by atoms with van der Waals surface area (Å²) in [5.41, 5.74) is -0.240. The highest BCUT2D eigenvalue weighted by molar-refractivity contribution is 6.31. The number of likely N-dealkylation sites (tertiary alicyclic amines) is 1. The van der Waals surface area contributed by atoms with Crippen molar-refractivity contribution in [3.63, 3.8) is 0 Å². The highest BCUT2D eigenvalue weighted by atomic mass is 35.5. The lowest BCUT2D eigenvalue weighted by atomic mass is 9.73. The van der Waals surface area contributed by atoms with Gasteiger partial charge in [0.15, 0.2) is 0 Å². The molecule has 1 aromatic carbocycles. The fraction of sp³-hybridized carbons (Fsp3) is 0.483. The van der Waals surface area contributed by atoms with Gasteiger partial charge in [0, 0.05) is 34.7 Å². The van der Waals surface area contributed by atoms with Crippen LogP contribution in [0.1, 0.15) is 49.8 Å². The van der Waals surface area contributed by atoms with Crippen LogP contribution < -0.4 is 15.6 Å². The van der Waals surface area contributed by atoms with Crippen molar-refractivity contribution in [2.45, 2.75) is 50.2 Å². The molecule has 7 nitrogen and oxygen atoms in total. The Morgan fingerprint density at radius 3 is 2.60 bits per heavy atom. The molecule has 0 bridgehead atoms. The maximum absolute atomic E-state index is 13.9. The molecule has 1 unspecified atom stereocenters. The largest absolute Gasteiger partial charge is 0.491 e. The summed E-state index contributed by atoms with van der Waals surface area (Å²) >= 11 is 6.21. The molecule has 3 aromatic rings. The Kier molecular flexibility index (Phi) is 5.61. The molecule has 2 aromatic heterocycles. The molecule has 7 rings (SSSR count). The molecule has 1 N–H and O–H groups in total. The SMILES string of the molecule is C[C@@]12CC1[C@H](n1c(=O)cc(C(F)(F)F)c3cc(OCCN4CCC5(CC4)C(=O)Nc4ccc(Cl)cc45)cnc31)C2. The summed E-state index contributed by atoms with van der Waals surface area (Å²) < 4.78 is 49.0. The smallest absolute Gasteiger partial charge is 0.417 e. The van der Waals surface area contributed by atoms with E-state index in [1.54, 1.807) is 6.07 Å². The number of rotatable bonds is 5. The number of pyridine rings is 2. The number of fused-ring (bicyclic) bond motifs is 4. The minimum Gasteiger partial charge on any atom is -0.491 e. The molecule has 2 aliphatic heterocycles. The third-order valence-electron chi connectivity index (χ3n) is 9.63. The second-order valence-corrected chi connectivity index (χ2v) is 12.4. The van der Waals surface area contributed by atoms with Gasteiger partial charge in [-0.1, -0.05) is 18.5 Å². The van der Waals surface area contributed by atoms with Crippen LogP contribution in [-0.4, -0.2) is 46.6 Å². The normalized spacial score (nSPS) is 26.8. The number of halogens is 4. The summed E-state index contributed by atoms with van der Waals surface area (Å²) in [5, 5.41) is 3.45. The van der Waals surface area contributed by atoms with Crippen molar-refractivity contribution in [1.82, 2.24) is 14.5 Å². The Morgan fingerprint density at radius 1 is 1.15 bits per heavy atom. The van der Waals surface area contributed by atoms with Gasteiger partial charge in [-0.25, -0.2) is 4.98 Å². The zero-order chi connectivity index (χ0) is 28.0. The Labute approximate surface area is 233 Å². The summed E-state index contributed by atoms with van der Waals surface area (Å²) in [6.45, 7) is 4.28. The Bertz CT molecular complexity index is 1610. The molecular formula is C29H28ClF3N4O3. The van der Waals surface area contributed by atoms with Crippen molar-refractivity contribution in [2.75, 3.05) is 31.6 Å². The lowest BCUT2D eigenvalue weighted by molar-refractivity contribution is -0.136. The van der Waals surface area contributed by atoms with Crippen LogP contribution in [-0.2, 0) is 16.4 Å². The average molecular weight is 573 g/mol. The van der Waals surface area contributed by atoms with Crippen molar-refractivity contribution >= 4 is 34.2 Å². The number of hydrogen-bond donors (Lipinski definition) is 1. The van der Waals surface area contributed by atoms with Gasteiger partial charge in [0.25, 0.3) is 5.56 Å². The van der Waals surface area contributed by atoms with Gasteiger partial charge in [0.05, 0.1) is 17.2 Å². The molecule has 2 aliphatic carbocycles. The van der Waals surface area contributed by atoms with Crippen LogP contribution in [0.2, 0.25) is 5.02 Å². The van der Waals surface area contributed by atoms with Gasteiger partial charge in [-0.2, -0.15) is 13.2 Å². The molecule has 4 aliphatic rings. The molecule has 40 heavy (non-hydrogen) atoms. The number of piperidine rings is 1. The van der Waals surface area contributed by atoms with Gasteiger partial charge >= 0.3 is 6.18 Å². The van der Waals surface area contributed by atoms with Gasteiger partial charge in [0.1, 0.15) is 18.0 Å². The van der Waals surface area contributed by atoms with Gasteiger partial charge in [-0.15, -0.1) is 0 Å². The van der Waals surface area contributed by atoms with E-state index in [4.69, 9.17) is 16.3 Å². The zero-order valence-electron chi connectivity index (χ0n) is 21.9. The van der Waals surface area contributed by atoms with Crippen molar-refractivity contribution in [1.29, 1.82) is 0 Å². The van der Waals surface area contributed by atoms with Crippen molar-refractivity contribution in [3.05, 3.63) is 63.0 Å². The second-order valence-electron chi connectivity index (χ2n) is 12.0. The topological polar surface area (TPSA) is 76.5 Å². The van der Waals surface area contributed by atoms with Crippen LogP contribution in [0.5, 0.6) is 5.75 Å². The highest BCUT2D eigenvalue weighted by Crippen LogP contribution is 2.72. The third kappa shape index (κ3) is 3.94. The number of benzene rings is 1. The number of nitrogens with zero attached hydrogens (tertiary/aromatic N) is 3. The number of nitrogens with one attached hydrogen (secondary N) is 1. The molecule has 3 fully saturated rings. The van der Waals surface area contributed by atoms with Crippen LogP contribution >= 0.6 is 11.6 Å². The maximum Gasteiger partial charge on any atom is 0.417 e. The number of aromatic nitrogens is 2. The van der Waals surface area contributed by atoms with Crippen molar-refractivity contribution in [2.24, 2.45) is 11.3 Å². The number of anilines is 1. The fourth-order valence-electron chi connectivity index (χ4n) is 7.18. The first-order valence-electron chi connectivity index (χ1n) is 13.6. The van der Waals surface area contributed by atoms with Crippen LogP contribution in [0.3, 0.4) is 0 Å². The van der Waals surface area contributed by atoms with E-state index in [0.29, 0.717) is 49.5 Å². The van der Waals surface area contributed by atoms with E-state index in [2.05, 4.69) is 22.1 Å². The number of carbonyl (C=O) groups excluding carboxylic acids is 1. The molecule has 2 saturated carbocycles. The number of carbonyl (C=O) groups is 1. The second kappa shape index (κ2) is 8.69. The van der Waals surface area contributed by atoms with Crippen LogP contribution in [0.15, 0.2) is 41.3 Å². The Hall–Kier alpha value is -3.11. The average Bonchev–Trinajstić information content (AvgIpc) is 3.34. The Balaban J connectivity index is 1.06. The summed E-state index contributed by atoms with van der Waals surface area (Å²) in [6, 6.07) is 7.39. The van der Waals surface area contributed by atoms with Crippen LogP contribution in [0.25, 0.3) is 11.0 Å². The predicted molar refractivity (Wildman–Crippen MR) is 144 cm³/mol. The molecule has 3 atom stereocenters. The minimum absolute atomic E-state index is 0.00457. The summed E-state index contributed by atoms with van der Waals surface area (Å²) in [5.74, 6) is 0.530. The number of hydrogen-bond acceptors (Lipinski definition) is 5. The molecule has 11 heteroatoms. The lowest BCUT2D eigenvalue weighted by Gasteiger charge is -2.38. The summed E-state index contributed by atoms with van der Waals surface area (Å²) in [4.78, 5) is 32.2. The lowest BCUT2D eigenvalue weighted by Crippen LogP contribution is -2.47. The van der Waals surface area contributed by atoms with E-state index >= 15 is 0 Å². The molecule has 0 radical (unpaired) electrons. The third-order valence-corrected chi connectivity index (χ3v) is 9.86. The van der Waals surface area contributed by atoms with Gasteiger partial charge in [-0.05, 0) is 79.9 Å².